The molecule has 0 heterocycles. The van der Waals surface area contributed by atoms with Crippen LogP contribution in [0.1, 0.15) is 18.4 Å². The summed E-state index contributed by atoms with van der Waals surface area (Å²) >= 11 is 0. The number of esters is 1. The predicted molar refractivity (Wildman–Crippen MR) is 90.1 cm³/mol. The lowest BCUT2D eigenvalue weighted by Gasteiger charge is -2.11. The number of benzene rings is 2. The van der Waals surface area contributed by atoms with Crippen LogP contribution in [0.2, 0.25) is 0 Å². The third kappa shape index (κ3) is 2.83. The fourth-order valence-electron chi connectivity index (χ4n) is 3.19. The molecule has 0 radical (unpaired) electrons. The van der Waals surface area contributed by atoms with Crippen molar-refractivity contribution in [3.63, 3.8) is 0 Å². The number of halogens is 1. The summed E-state index contributed by atoms with van der Waals surface area (Å²) in [6.45, 7) is 1.71. The lowest BCUT2D eigenvalue weighted by molar-refractivity contribution is -0.145. The Morgan fingerprint density at radius 2 is 1.76 bits per heavy atom. The summed E-state index contributed by atoms with van der Waals surface area (Å²) in [6.07, 6.45) is 0. The second-order valence-electron chi connectivity index (χ2n) is 5.96. The van der Waals surface area contributed by atoms with Crippen molar-refractivity contribution < 1.29 is 22.3 Å². The third-order valence-electron chi connectivity index (χ3n) is 4.44. The highest BCUT2D eigenvalue weighted by Crippen LogP contribution is 2.56. The smallest absolute Gasteiger partial charge is 0.328 e. The Morgan fingerprint density at radius 1 is 1.16 bits per heavy atom. The molecule has 7 heteroatoms. The van der Waals surface area contributed by atoms with Gasteiger partial charge in [-0.1, -0.05) is 30.3 Å². The molecule has 0 unspecified atom stereocenters. The lowest BCUT2D eigenvalue weighted by Crippen LogP contribution is -2.41. The van der Waals surface area contributed by atoms with Crippen LogP contribution in [0.3, 0.4) is 0 Å². The van der Waals surface area contributed by atoms with Crippen LogP contribution >= 0.6 is 0 Å². The van der Waals surface area contributed by atoms with Gasteiger partial charge in [0.05, 0.1) is 11.5 Å². The van der Waals surface area contributed by atoms with E-state index in [9.17, 15) is 17.6 Å². The first kappa shape index (κ1) is 17.6. The number of hydrogen-bond acceptors (Lipinski definition) is 5. The zero-order valence-corrected chi connectivity index (χ0v) is 14.4. The van der Waals surface area contributed by atoms with Gasteiger partial charge in [0.1, 0.15) is 16.6 Å². The quantitative estimate of drug-likeness (QED) is 0.822. The van der Waals surface area contributed by atoms with Crippen molar-refractivity contribution >= 4 is 15.8 Å². The molecule has 3 rings (SSSR count). The summed E-state index contributed by atoms with van der Waals surface area (Å²) in [5.41, 5.74) is 5.01. The number of carbonyl (C=O) groups is 1. The summed E-state index contributed by atoms with van der Waals surface area (Å²) in [7, 11) is -3.86. The second kappa shape index (κ2) is 6.24. The van der Waals surface area contributed by atoms with Crippen molar-refractivity contribution in [2.75, 3.05) is 6.61 Å². The lowest BCUT2D eigenvalue weighted by atomic mass is 10.1. The van der Waals surface area contributed by atoms with Gasteiger partial charge in [0.25, 0.3) is 0 Å². The predicted octanol–water partition coefficient (Wildman–Crippen LogP) is 2.03. The van der Waals surface area contributed by atoms with Gasteiger partial charge in [0.2, 0.25) is 0 Å². The molecule has 1 fully saturated rings. The van der Waals surface area contributed by atoms with Gasteiger partial charge < -0.3 is 10.5 Å². The number of sulfone groups is 1. The molecular formula is C18H18FNO4S. The van der Waals surface area contributed by atoms with E-state index < -0.39 is 38.3 Å². The van der Waals surface area contributed by atoms with E-state index in [1.165, 1.54) is 36.4 Å². The molecule has 2 N–H and O–H groups in total. The molecule has 0 saturated heterocycles. The van der Waals surface area contributed by atoms with E-state index in [4.69, 9.17) is 10.5 Å². The molecule has 1 saturated carbocycles. The highest BCUT2D eigenvalue weighted by atomic mass is 32.2. The molecule has 2 aromatic carbocycles. The third-order valence-corrected chi connectivity index (χ3v) is 6.70. The summed E-state index contributed by atoms with van der Waals surface area (Å²) in [4.78, 5) is 12.5. The molecule has 0 bridgehead atoms. The van der Waals surface area contributed by atoms with Crippen LogP contribution in [0.5, 0.6) is 0 Å². The van der Waals surface area contributed by atoms with Crippen molar-refractivity contribution in [1.29, 1.82) is 0 Å². The standard InChI is InChI=1S/C18H18FNO4S/c1-2-24-17(21)18(20)15(12-8-10-13(19)11-9-12)16(18)25(22,23)14-6-4-3-5-7-14/h3-11,15-16H,2,20H2,1H3/t15-,16-,18+/m0/s1. The molecule has 1 aliphatic rings. The van der Waals surface area contributed by atoms with Gasteiger partial charge in [-0.3, -0.25) is 0 Å². The van der Waals surface area contributed by atoms with Crippen molar-refractivity contribution in [2.45, 2.75) is 28.5 Å². The number of ether oxygens (including phenoxy) is 1. The molecular weight excluding hydrogens is 345 g/mol. The Morgan fingerprint density at radius 3 is 2.32 bits per heavy atom. The van der Waals surface area contributed by atoms with Crippen LogP contribution in [0.15, 0.2) is 59.5 Å². The molecule has 2 aromatic rings. The van der Waals surface area contributed by atoms with Crippen molar-refractivity contribution in [2.24, 2.45) is 5.73 Å². The van der Waals surface area contributed by atoms with Gasteiger partial charge in [-0.25, -0.2) is 17.6 Å². The molecule has 25 heavy (non-hydrogen) atoms. The largest absolute Gasteiger partial charge is 0.465 e. The molecule has 0 spiro atoms. The maximum absolute atomic E-state index is 13.2. The normalized spacial score (nSPS) is 25.4. The van der Waals surface area contributed by atoms with E-state index in [1.807, 2.05) is 0 Å². The van der Waals surface area contributed by atoms with Crippen molar-refractivity contribution in [3.05, 3.63) is 66.0 Å². The van der Waals surface area contributed by atoms with Crippen LogP contribution in [-0.2, 0) is 19.4 Å². The molecule has 0 amide bonds. The van der Waals surface area contributed by atoms with E-state index in [0.29, 0.717) is 5.56 Å². The molecule has 3 atom stereocenters. The van der Waals surface area contributed by atoms with Crippen molar-refractivity contribution in [3.8, 4) is 0 Å². The fraction of sp³-hybridized carbons (Fsp3) is 0.278. The minimum absolute atomic E-state index is 0.0868. The number of rotatable bonds is 5. The van der Waals surface area contributed by atoms with Crippen LogP contribution in [-0.4, -0.2) is 31.8 Å². The Balaban J connectivity index is 2.06. The Hall–Kier alpha value is -2.25. The van der Waals surface area contributed by atoms with Crippen LogP contribution < -0.4 is 5.73 Å². The first-order chi connectivity index (χ1) is 11.8. The Labute approximate surface area is 145 Å². The van der Waals surface area contributed by atoms with Gasteiger partial charge in [-0.15, -0.1) is 0 Å². The van der Waals surface area contributed by atoms with Crippen LogP contribution in [0.25, 0.3) is 0 Å². The zero-order valence-electron chi connectivity index (χ0n) is 13.6. The fourth-order valence-corrected chi connectivity index (χ4v) is 5.43. The average Bonchev–Trinajstić information content (AvgIpc) is 3.25. The maximum Gasteiger partial charge on any atom is 0.328 e. The van der Waals surface area contributed by atoms with Gasteiger partial charge in [0.15, 0.2) is 9.84 Å². The number of carbonyl (C=O) groups excluding carboxylic acids is 1. The summed E-state index contributed by atoms with van der Waals surface area (Å²) < 4.78 is 44.2. The van der Waals surface area contributed by atoms with E-state index >= 15 is 0 Å². The van der Waals surface area contributed by atoms with Crippen LogP contribution in [0.4, 0.5) is 4.39 Å². The van der Waals surface area contributed by atoms with Gasteiger partial charge in [0, 0.05) is 5.92 Å². The zero-order chi connectivity index (χ0) is 18.2. The van der Waals surface area contributed by atoms with E-state index in [-0.39, 0.29) is 11.5 Å². The SMILES string of the molecule is CCOC(=O)[C@@]1(N)[C@@H](c2ccc(F)cc2)[C@@H]1S(=O)(=O)c1ccccc1. The van der Waals surface area contributed by atoms with Gasteiger partial charge in [-0.2, -0.15) is 0 Å². The van der Waals surface area contributed by atoms with Gasteiger partial charge >= 0.3 is 5.97 Å². The molecule has 1 aliphatic carbocycles. The summed E-state index contributed by atoms with van der Waals surface area (Å²) in [6, 6.07) is 13.1. The Bertz CT molecular complexity index is 883. The average molecular weight is 363 g/mol. The maximum atomic E-state index is 13.2. The monoisotopic (exact) mass is 363 g/mol. The minimum Gasteiger partial charge on any atom is -0.465 e. The summed E-state index contributed by atoms with van der Waals surface area (Å²) in [5.74, 6) is -2.02. The molecule has 132 valence electrons. The topological polar surface area (TPSA) is 86.5 Å². The van der Waals surface area contributed by atoms with Crippen molar-refractivity contribution in [1.82, 2.24) is 0 Å². The second-order valence-corrected chi connectivity index (χ2v) is 8.03. The first-order valence-electron chi connectivity index (χ1n) is 7.84. The van der Waals surface area contributed by atoms with E-state index in [0.717, 1.165) is 0 Å². The molecule has 5 nitrogen and oxygen atoms in total. The minimum atomic E-state index is -3.86. The first-order valence-corrected chi connectivity index (χ1v) is 9.38. The van der Waals surface area contributed by atoms with E-state index in [2.05, 4.69) is 0 Å². The summed E-state index contributed by atoms with van der Waals surface area (Å²) in [5, 5.41) is -1.16. The Kier molecular flexibility index (Phi) is 4.38. The highest BCUT2D eigenvalue weighted by molar-refractivity contribution is 7.92. The van der Waals surface area contributed by atoms with Crippen LogP contribution in [0, 0.1) is 5.82 Å². The number of nitrogens with two attached hydrogens (primary N) is 1. The van der Waals surface area contributed by atoms with Gasteiger partial charge in [-0.05, 0) is 36.8 Å². The number of hydrogen-bond donors (Lipinski definition) is 1. The molecule has 0 aromatic heterocycles. The highest BCUT2D eigenvalue weighted by Gasteiger charge is 2.74. The molecule has 0 aliphatic heterocycles. The van der Waals surface area contributed by atoms with E-state index in [1.54, 1.807) is 25.1 Å².